The summed E-state index contributed by atoms with van der Waals surface area (Å²) < 4.78 is 0. The Bertz CT molecular complexity index is 376. The van der Waals surface area contributed by atoms with Crippen LogP contribution in [0.2, 0.25) is 5.02 Å². The first-order valence-corrected chi connectivity index (χ1v) is 5.32. The van der Waals surface area contributed by atoms with Crippen molar-refractivity contribution in [2.75, 3.05) is 0 Å². The molecule has 0 fully saturated rings. The second-order valence-corrected chi connectivity index (χ2v) is 4.29. The van der Waals surface area contributed by atoms with E-state index in [0.29, 0.717) is 0 Å². The van der Waals surface area contributed by atoms with Gasteiger partial charge in [-0.2, -0.15) is 0 Å². The lowest BCUT2D eigenvalue weighted by molar-refractivity contribution is 0.151. The van der Waals surface area contributed by atoms with Gasteiger partial charge in [0.25, 0.3) is 0 Å². The molecule has 3 heteroatoms. The molecule has 1 unspecified atom stereocenters. The van der Waals surface area contributed by atoms with Gasteiger partial charge in [-0.05, 0) is 44.2 Å². The number of rotatable bonds is 0. The van der Waals surface area contributed by atoms with Gasteiger partial charge in [0.1, 0.15) is 0 Å². The van der Waals surface area contributed by atoms with Crippen molar-refractivity contribution < 1.29 is 5.11 Å². The number of hydrogen-bond donors (Lipinski definition) is 1. The van der Waals surface area contributed by atoms with Gasteiger partial charge in [0.05, 0.1) is 16.8 Å². The van der Waals surface area contributed by atoms with Gasteiger partial charge in [0.2, 0.25) is 0 Å². The zero-order chi connectivity index (χ0) is 10.3. The third-order valence-corrected chi connectivity index (χ3v) is 3.47. The Labute approximate surface area is 88.9 Å². The molecular weight excluding hydrogens is 198 g/mol. The molecule has 1 aliphatic carbocycles. The Morgan fingerprint density at radius 3 is 2.86 bits per heavy atom. The van der Waals surface area contributed by atoms with Crippen molar-refractivity contribution in [1.82, 2.24) is 4.98 Å². The second kappa shape index (κ2) is 3.52. The molecule has 1 atom stereocenters. The van der Waals surface area contributed by atoms with Crippen molar-refractivity contribution in [2.24, 2.45) is 0 Å². The van der Waals surface area contributed by atoms with Gasteiger partial charge in [-0.15, -0.1) is 0 Å². The highest BCUT2D eigenvalue weighted by Gasteiger charge is 2.23. The standard InChI is InChI=1S/C11H14ClNO/c1-6-7(2)13-11-8(10(6)12)4-3-5-9(11)14/h9,14H,3-5H2,1-2H3. The van der Waals surface area contributed by atoms with Crippen molar-refractivity contribution >= 4 is 11.6 Å². The quantitative estimate of drug-likeness (QED) is 0.716. The van der Waals surface area contributed by atoms with Crippen LogP contribution in [0.25, 0.3) is 0 Å². The molecule has 1 aromatic rings. The predicted octanol–water partition coefficient (Wildman–Crippen LogP) is 2.72. The fourth-order valence-corrected chi connectivity index (χ4v) is 2.28. The molecule has 1 aromatic heterocycles. The highest BCUT2D eigenvalue weighted by molar-refractivity contribution is 6.32. The molecule has 2 nitrogen and oxygen atoms in total. The highest BCUT2D eigenvalue weighted by Crippen LogP contribution is 2.34. The Morgan fingerprint density at radius 2 is 2.14 bits per heavy atom. The molecule has 1 heterocycles. The maximum atomic E-state index is 9.78. The first-order valence-electron chi connectivity index (χ1n) is 4.94. The van der Waals surface area contributed by atoms with E-state index >= 15 is 0 Å². The molecule has 0 aliphatic heterocycles. The molecule has 76 valence electrons. The molecule has 0 spiro atoms. The van der Waals surface area contributed by atoms with Crippen LogP contribution < -0.4 is 0 Å². The average molecular weight is 212 g/mol. The molecular formula is C11H14ClNO. The first kappa shape index (κ1) is 9.94. The molecule has 2 rings (SSSR count). The van der Waals surface area contributed by atoms with E-state index in [1.165, 1.54) is 0 Å². The summed E-state index contributed by atoms with van der Waals surface area (Å²) in [6, 6.07) is 0. The monoisotopic (exact) mass is 211 g/mol. The van der Waals surface area contributed by atoms with Crippen molar-refractivity contribution in [3.05, 3.63) is 27.5 Å². The van der Waals surface area contributed by atoms with Crippen LogP contribution in [-0.2, 0) is 6.42 Å². The lowest BCUT2D eigenvalue weighted by Gasteiger charge is -2.23. The van der Waals surface area contributed by atoms with Gasteiger partial charge in [-0.1, -0.05) is 11.6 Å². The van der Waals surface area contributed by atoms with Crippen LogP contribution >= 0.6 is 11.6 Å². The minimum absolute atomic E-state index is 0.421. The SMILES string of the molecule is Cc1nc2c(c(Cl)c1C)CCCC2O. The first-order chi connectivity index (χ1) is 6.61. The number of halogens is 1. The van der Waals surface area contributed by atoms with E-state index in [0.717, 1.165) is 46.8 Å². The number of nitrogens with zero attached hydrogens (tertiary/aromatic N) is 1. The number of fused-ring (bicyclic) bond motifs is 1. The average Bonchev–Trinajstić information content (AvgIpc) is 2.17. The molecule has 1 N–H and O–H groups in total. The topological polar surface area (TPSA) is 33.1 Å². The summed E-state index contributed by atoms with van der Waals surface area (Å²) in [6.45, 7) is 3.91. The van der Waals surface area contributed by atoms with Gasteiger partial charge in [0.15, 0.2) is 0 Å². The lowest BCUT2D eigenvalue weighted by atomic mass is 9.92. The molecule has 0 saturated carbocycles. The summed E-state index contributed by atoms with van der Waals surface area (Å²) in [5, 5.41) is 10.6. The van der Waals surface area contributed by atoms with E-state index in [4.69, 9.17) is 11.6 Å². The number of aryl methyl sites for hydroxylation is 1. The van der Waals surface area contributed by atoms with Crippen molar-refractivity contribution in [1.29, 1.82) is 0 Å². The van der Waals surface area contributed by atoms with Gasteiger partial charge < -0.3 is 5.11 Å². The van der Waals surface area contributed by atoms with E-state index < -0.39 is 6.10 Å². The van der Waals surface area contributed by atoms with Crippen molar-refractivity contribution in [3.8, 4) is 0 Å². The van der Waals surface area contributed by atoms with Crippen LogP contribution in [-0.4, -0.2) is 10.1 Å². The number of hydrogen-bond acceptors (Lipinski definition) is 2. The predicted molar refractivity (Wildman–Crippen MR) is 56.6 cm³/mol. The highest BCUT2D eigenvalue weighted by atomic mass is 35.5. The lowest BCUT2D eigenvalue weighted by Crippen LogP contribution is -2.13. The number of pyridine rings is 1. The van der Waals surface area contributed by atoms with Crippen LogP contribution in [0.15, 0.2) is 0 Å². The second-order valence-electron chi connectivity index (χ2n) is 3.91. The van der Waals surface area contributed by atoms with E-state index in [2.05, 4.69) is 4.98 Å². The van der Waals surface area contributed by atoms with Crippen molar-refractivity contribution in [3.63, 3.8) is 0 Å². The molecule has 0 aromatic carbocycles. The summed E-state index contributed by atoms with van der Waals surface area (Å²) in [5.41, 5.74) is 3.81. The maximum Gasteiger partial charge on any atom is 0.0963 e. The summed E-state index contributed by atoms with van der Waals surface area (Å²) in [7, 11) is 0. The summed E-state index contributed by atoms with van der Waals surface area (Å²) >= 11 is 6.23. The zero-order valence-corrected chi connectivity index (χ0v) is 9.23. The number of aromatic nitrogens is 1. The Balaban J connectivity index is 2.63. The Morgan fingerprint density at radius 1 is 1.43 bits per heavy atom. The van der Waals surface area contributed by atoms with E-state index in [-0.39, 0.29) is 0 Å². The van der Waals surface area contributed by atoms with Gasteiger partial charge >= 0.3 is 0 Å². The number of aliphatic hydroxyl groups excluding tert-OH is 1. The molecule has 0 saturated heterocycles. The molecule has 0 bridgehead atoms. The van der Waals surface area contributed by atoms with Gasteiger partial charge in [-0.25, -0.2) is 0 Å². The van der Waals surface area contributed by atoms with Crippen LogP contribution in [0.5, 0.6) is 0 Å². The van der Waals surface area contributed by atoms with Crippen LogP contribution in [0.3, 0.4) is 0 Å². The van der Waals surface area contributed by atoms with Crippen LogP contribution in [0, 0.1) is 13.8 Å². The molecule has 1 aliphatic rings. The largest absolute Gasteiger partial charge is 0.387 e. The summed E-state index contributed by atoms with van der Waals surface area (Å²) in [6.07, 6.45) is 2.33. The summed E-state index contributed by atoms with van der Waals surface area (Å²) in [4.78, 5) is 4.42. The third-order valence-electron chi connectivity index (χ3n) is 2.95. The minimum atomic E-state index is -0.421. The number of aliphatic hydroxyl groups is 1. The molecule has 14 heavy (non-hydrogen) atoms. The van der Waals surface area contributed by atoms with Crippen molar-refractivity contribution in [2.45, 2.75) is 39.2 Å². The van der Waals surface area contributed by atoms with E-state index in [1.807, 2.05) is 13.8 Å². The fraction of sp³-hybridized carbons (Fsp3) is 0.545. The van der Waals surface area contributed by atoms with E-state index in [9.17, 15) is 5.11 Å². The molecule has 0 amide bonds. The zero-order valence-electron chi connectivity index (χ0n) is 8.47. The Hall–Kier alpha value is -0.600. The van der Waals surface area contributed by atoms with E-state index in [1.54, 1.807) is 0 Å². The molecule has 0 radical (unpaired) electrons. The fourth-order valence-electron chi connectivity index (χ4n) is 1.95. The third kappa shape index (κ3) is 1.43. The van der Waals surface area contributed by atoms with Gasteiger partial charge in [-0.3, -0.25) is 4.98 Å². The summed E-state index contributed by atoms with van der Waals surface area (Å²) in [5.74, 6) is 0. The minimum Gasteiger partial charge on any atom is -0.387 e. The maximum absolute atomic E-state index is 9.78. The van der Waals surface area contributed by atoms with Crippen LogP contribution in [0.4, 0.5) is 0 Å². The normalized spacial score (nSPS) is 20.7. The smallest absolute Gasteiger partial charge is 0.0963 e. The van der Waals surface area contributed by atoms with Crippen LogP contribution in [0.1, 0.15) is 41.5 Å². The van der Waals surface area contributed by atoms with Gasteiger partial charge in [0, 0.05) is 5.69 Å². The Kier molecular flexibility index (Phi) is 2.50.